The van der Waals surface area contributed by atoms with Gasteiger partial charge in [-0.15, -0.1) is 11.8 Å². The van der Waals surface area contributed by atoms with E-state index < -0.39 is 16.0 Å². The number of aliphatic hydroxyl groups is 2. The molecule has 2 aliphatic rings. The number of aliphatic hydroxyl groups excluding tert-OH is 2. The summed E-state index contributed by atoms with van der Waals surface area (Å²) in [6.07, 6.45) is -0.680. The van der Waals surface area contributed by atoms with Crippen molar-refractivity contribution in [2.24, 2.45) is 0 Å². The topological polar surface area (TPSA) is 70.5 Å². The molecule has 61 heavy (non-hydrogen) atoms. The van der Waals surface area contributed by atoms with Crippen LogP contribution in [0.1, 0.15) is 74.3 Å². The number of rotatable bonds is 16. The maximum atomic E-state index is 13.4. The summed E-state index contributed by atoms with van der Waals surface area (Å²) in [4.78, 5) is 9.50. The van der Waals surface area contributed by atoms with Gasteiger partial charge in [-0.25, -0.2) is 17.6 Å². The Hall–Kier alpha value is -3.14. The Labute approximate surface area is 367 Å². The molecule has 2 N–H and O–H groups in total. The maximum Gasteiger partial charge on any atom is 0.123 e. The molecule has 2 aliphatic heterocycles. The molecular weight excluding hydrogens is 821 g/mol. The molecule has 4 aromatic carbocycles. The number of halogens is 4. The molecule has 2 heterocycles. The quantitative estimate of drug-likeness (QED) is 0.110. The van der Waals surface area contributed by atoms with Crippen molar-refractivity contribution in [2.45, 2.75) is 88.4 Å². The third-order valence-electron chi connectivity index (χ3n) is 11.6. The molecule has 2 fully saturated rings. The predicted octanol–water partition coefficient (Wildman–Crippen LogP) is 8.14. The second kappa shape index (κ2) is 23.5. The molecule has 0 amide bonds. The highest BCUT2D eigenvalue weighted by Crippen LogP contribution is 2.36. The molecule has 7 atom stereocenters. The van der Waals surface area contributed by atoms with Crippen LogP contribution < -0.4 is 0 Å². The van der Waals surface area contributed by atoms with Crippen LogP contribution in [-0.4, -0.2) is 134 Å². The summed E-state index contributed by atoms with van der Waals surface area (Å²) in [5.41, 5.74) is 3.57. The lowest BCUT2D eigenvalue weighted by Gasteiger charge is -2.45. The lowest BCUT2D eigenvalue weighted by atomic mass is 10.0. The molecule has 6 rings (SSSR count). The lowest BCUT2D eigenvalue weighted by molar-refractivity contribution is 0.0114. The van der Waals surface area contributed by atoms with Crippen LogP contribution in [0.3, 0.4) is 0 Å². The van der Waals surface area contributed by atoms with Crippen LogP contribution in [0.5, 0.6) is 0 Å². The van der Waals surface area contributed by atoms with Crippen LogP contribution in [-0.2, 0) is 10.8 Å². The number of β-amino-alcohol motifs (C(OH)–C–C–N with tert-alkyl or cyclic N) is 2. The third-order valence-corrected chi connectivity index (χ3v) is 14.5. The molecule has 334 valence electrons. The highest BCUT2D eigenvalue weighted by Gasteiger charge is 2.32. The van der Waals surface area contributed by atoms with Gasteiger partial charge in [0.2, 0.25) is 0 Å². The van der Waals surface area contributed by atoms with Gasteiger partial charge in [-0.1, -0.05) is 48.5 Å². The van der Waals surface area contributed by atoms with Crippen LogP contribution in [0.4, 0.5) is 17.6 Å². The molecule has 3 unspecified atom stereocenters. The van der Waals surface area contributed by atoms with Gasteiger partial charge in [0.1, 0.15) is 23.3 Å². The Morgan fingerprint density at radius 2 is 0.869 bits per heavy atom. The molecule has 2 saturated heterocycles. The highest BCUT2D eigenvalue weighted by atomic mass is 32.2. The zero-order chi connectivity index (χ0) is 44.2. The Balaban J connectivity index is 0.000000231. The summed E-state index contributed by atoms with van der Waals surface area (Å²) < 4.78 is 67.0. The normalized spacial score (nSPS) is 22.2. The van der Waals surface area contributed by atoms with Gasteiger partial charge in [-0.2, -0.15) is 0 Å². The molecule has 0 radical (unpaired) electrons. The van der Waals surface area contributed by atoms with Gasteiger partial charge in [-0.05, 0) is 112 Å². The minimum Gasteiger partial charge on any atom is -0.392 e. The van der Waals surface area contributed by atoms with Crippen molar-refractivity contribution < 1.29 is 32.0 Å². The first-order valence-corrected chi connectivity index (χ1v) is 23.8. The van der Waals surface area contributed by atoms with E-state index >= 15 is 0 Å². The number of nitrogens with zero attached hydrogens (tertiary/aromatic N) is 4. The Kier molecular flexibility index (Phi) is 18.8. The molecule has 0 saturated carbocycles. The number of thioether (sulfide) groups is 1. The molecule has 4 aromatic rings. The maximum absolute atomic E-state index is 13.4. The van der Waals surface area contributed by atoms with E-state index in [1.165, 1.54) is 48.5 Å². The van der Waals surface area contributed by atoms with Crippen molar-refractivity contribution in [3.8, 4) is 0 Å². The first-order chi connectivity index (χ1) is 29.1. The summed E-state index contributed by atoms with van der Waals surface area (Å²) in [7, 11) is -1.26. The number of hydrogen-bond acceptors (Lipinski definition) is 8. The van der Waals surface area contributed by atoms with Gasteiger partial charge >= 0.3 is 0 Å². The van der Waals surface area contributed by atoms with Crippen LogP contribution in [0.15, 0.2) is 97.1 Å². The molecule has 0 spiro atoms. The summed E-state index contributed by atoms with van der Waals surface area (Å²) in [5, 5.41) is 19.1. The zero-order valence-corrected chi connectivity index (χ0v) is 38.0. The fourth-order valence-corrected chi connectivity index (χ4v) is 11.6. The third kappa shape index (κ3) is 14.7. The minimum absolute atomic E-state index is 0.0394. The summed E-state index contributed by atoms with van der Waals surface area (Å²) >= 11 is 1.81. The second-order valence-corrected chi connectivity index (χ2v) is 19.8. The summed E-state index contributed by atoms with van der Waals surface area (Å²) in [5.74, 6) is 0.208. The van der Waals surface area contributed by atoms with Gasteiger partial charge in [0.05, 0.1) is 22.7 Å². The van der Waals surface area contributed by atoms with E-state index in [4.69, 9.17) is 0 Å². The van der Waals surface area contributed by atoms with Crippen molar-refractivity contribution in [1.82, 2.24) is 19.6 Å². The van der Waals surface area contributed by atoms with E-state index in [0.717, 1.165) is 60.7 Å². The van der Waals surface area contributed by atoms with Crippen molar-refractivity contribution in [2.75, 3.05) is 63.9 Å². The van der Waals surface area contributed by atoms with E-state index in [9.17, 15) is 32.0 Å². The minimum atomic E-state index is -1.26. The first kappa shape index (κ1) is 48.9. The average Bonchev–Trinajstić information content (AvgIpc) is 3.21. The average molecular weight is 885 g/mol. The molecular formula is C48H64F4N4O3S2. The number of piperazine rings is 2. The standard InChI is InChI=1S/C24H32F2N2O2S.C24H32F2N2OS/c1-17-14-27(15-18(2)28(17)16-19(3)29)12-13-31(30)24(20-4-8-22(25)9-5-20)21-6-10-23(26)11-7-21;1-17-14-27(15-18(2)28(17)16-19(3)29)12-13-30-24(20-4-8-22(25)9-5-20)21-6-10-23(26)11-7-21/h4-11,17-19,24,29H,12-16H2,1-3H3;4-11,17-19,24,29H,12-16H2,1-3H3/t17-,18+,19?,31?;17-,18+,19?. The smallest absolute Gasteiger partial charge is 0.123 e. The van der Waals surface area contributed by atoms with Gasteiger partial charge in [0.15, 0.2) is 0 Å². The van der Waals surface area contributed by atoms with Crippen LogP contribution in [0.25, 0.3) is 0 Å². The Morgan fingerprint density at radius 3 is 1.20 bits per heavy atom. The second-order valence-electron chi connectivity index (χ2n) is 16.9. The van der Waals surface area contributed by atoms with E-state index in [2.05, 4.69) is 47.3 Å². The zero-order valence-electron chi connectivity index (χ0n) is 36.3. The van der Waals surface area contributed by atoms with Crippen molar-refractivity contribution >= 4 is 22.6 Å². The van der Waals surface area contributed by atoms with E-state index in [1.807, 2.05) is 31.2 Å². The number of benzene rings is 4. The Morgan fingerprint density at radius 1 is 0.557 bits per heavy atom. The summed E-state index contributed by atoms with van der Waals surface area (Å²) in [6, 6.07) is 26.7. The molecule has 0 bridgehead atoms. The first-order valence-electron chi connectivity index (χ1n) is 21.4. The monoisotopic (exact) mass is 884 g/mol. The van der Waals surface area contributed by atoms with Gasteiger partial charge < -0.3 is 10.2 Å². The van der Waals surface area contributed by atoms with Crippen LogP contribution >= 0.6 is 11.8 Å². The highest BCUT2D eigenvalue weighted by molar-refractivity contribution is 7.99. The van der Waals surface area contributed by atoms with Crippen molar-refractivity contribution in [1.29, 1.82) is 0 Å². The molecule has 13 heteroatoms. The van der Waals surface area contributed by atoms with Crippen molar-refractivity contribution in [3.63, 3.8) is 0 Å². The summed E-state index contributed by atoms with van der Waals surface area (Å²) in [6.45, 7) is 19.1. The largest absolute Gasteiger partial charge is 0.392 e. The van der Waals surface area contributed by atoms with Crippen LogP contribution in [0.2, 0.25) is 0 Å². The van der Waals surface area contributed by atoms with E-state index in [-0.39, 0.29) is 40.7 Å². The predicted molar refractivity (Wildman–Crippen MR) is 242 cm³/mol. The van der Waals surface area contributed by atoms with Gasteiger partial charge in [0, 0.05) is 98.8 Å². The lowest BCUT2D eigenvalue weighted by Crippen LogP contribution is -2.58. The van der Waals surface area contributed by atoms with E-state index in [1.54, 1.807) is 43.0 Å². The molecule has 0 aromatic heterocycles. The Bertz CT molecular complexity index is 1810. The number of hydrogen-bond donors (Lipinski definition) is 2. The van der Waals surface area contributed by atoms with E-state index in [0.29, 0.717) is 49.6 Å². The van der Waals surface area contributed by atoms with Crippen LogP contribution in [0, 0.1) is 23.3 Å². The van der Waals surface area contributed by atoms with Gasteiger partial charge in [0.25, 0.3) is 0 Å². The molecule has 7 nitrogen and oxygen atoms in total. The van der Waals surface area contributed by atoms with Gasteiger partial charge in [-0.3, -0.25) is 23.8 Å². The SMILES string of the molecule is CC(O)CN1[C@H](C)CN(CCS(=O)C(c2ccc(F)cc2)c2ccc(F)cc2)C[C@@H]1C.CC(O)CN1[C@H](C)CN(CCSC(c2ccc(F)cc2)c2ccc(F)cc2)C[C@@H]1C. The van der Waals surface area contributed by atoms with Crippen molar-refractivity contribution in [3.05, 3.63) is 143 Å². The fraction of sp³-hybridized carbons (Fsp3) is 0.500. The fourth-order valence-electron chi connectivity index (χ4n) is 8.70. The molecule has 0 aliphatic carbocycles.